The third kappa shape index (κ3) is 11.3. The van der Waals surface area contributed by atoms with E-state index in [0.29, 0.717) is 42.6 Å². The first-order valence-corrected chi connectivity index (χ1v) is 18.6. The number of rotatable bonds is 24. The van der Waals surface area contributed by atoms with E-state index < -0.39 is 5.97 Å². The Hall–Kier alpha value is -5.37. The molecule has 0 N–H and O–H groups in total. The summed E-state index contributed by atoms with van der Waals surface area (Å²) in [6.45, 7) is 14.2. The van der Waals surface area contributed by atoms with E-state index in [9.17, 15) is 4.79 Å². The van der Waals surface area contributed by atoms with Crippen molar-refractivity contribution in [2.45, 2.75) is 70.6 Å². The van der Waals surface area contributed by atoms with Crippen molar-refractivity contribution in [2.75, 3.05) is 33.2 Å². The maximum absolute atomic E-state index is 13.1. The van der Waals surface area contributed by atoms with Crippen molar-refractivity contribution in [3.05, 3.63) is 127 Å². The van der Waals surface area contributed by atoms with Crippen molar-refractivity contribution in [3.63, 3.8) is 0 Å². The Kier molecular flexibility index (Phi) is 14.7. The number of carbonyl (C=O) groups excluding carboxylic acids is 1. The molecule has 0 unspecified atom stereocenters. The lowest BCUT2D eigenvalue weighted by Gasteiger charge is -2.22. The van der Waals surface area contributed by atoms with Crippen LogP contribution < -0.4 is 23.7 Å². The van der Waals surface area contributed by atoms with Crippen LogP contribution in [0.2, 0.25) is 0 Å². The standard InChI is InChI=1S/C45H52O8/c1-5-47-27-11-7-9-13-29-49-35-17-15-34(16-18-35)44(46)53-39-24-26-41-40-25-23-38(31-42(40)45(3,4)43(41)32-39)52-33-51-37-21-19-36(20-22-37)50-30-14-10-8-12-28-48-6-2/h5-6,15-26,31-32H,1-2,7-14,27-30,33H2,3-4H3. The average molecular weight is 721 g/mol. The van der Waals surface area contributed by atoms with Gasteiger partial charge in [-0.2, -0.15) is 0 Å². The third-order valence-corrected chi connectivity index (χ3v) is 9.28. The van der Waals surface area contributed by atoms with Gasteiger partial charge in [0.15, 0.2) is 0 Å². The fraction of sp³-hybridized carbons (Fsp3) is 0.356. The molecule has 5 rings (SSSR count). The van der Waals surface area contributed by atoms with Gasteiger partial charge in [-0.1, -0.05) is 39.1 Å². The van der Waals surface area contributed by atoms with Crippen LogP contribution in [0.5, 0.6) is 28.7 Å². The summed E-state index contributed by atoms with van der Waals surface area (Å²) in [7, 11) is 0. The molecule has 0 fully saturated rings. The number of hydrogen-bond donors (Lipinski definition) is 0. The molecule has 280 valence electrons. The molecule has 0 amide bonds. The lowest BCUT2D eigenvalue weighted by molar-refractivity contribution is 0.0734. The highest BCUT2D eigenvalue weighted by Gasteiger charge is 2.36. The van der Waals surface area contributed by atoms with Crippen LogP contribution in [0.4, 0.5) is 0 Å². The first-order chi connectivity index (χ1) is 25.9. The number of esters is 1. The molecule has 0 aromatic heterocycles. The summed E-state index contributed by atoms with van der Waals surface area (Å²) in [5, 5.41) is 0. The van der Waals surface area contributed by atoms with Crippen LogP contribution in [0.3, 0.4) is 0 Å². The minimum atomic E-state index is -0.415. The van der Waals surface area contributed by atoms with Gasteiger partial charge in [0.25, 0.3) is 0 Å². The summed E-state index contributed by atoms with van der Waals surface area (Å²) >= 11 is 0. The van der Waals surface area contributed by atoms with Gasteiger partial charge in [0.05, 0.1) is 44.5 Å². The van der Waals surface area contributed by atoms with E-state index in [2.05, 4.69) is 39.1 Å². The largest absolute Gasteiger partial charge is 0.502 e. The van der Waals surface area contributed by atoms with Crippen molar-refractivity contribution in [2.24, 2.45) is 0 Å². The molecule has 1 aliphatic carbocycles. The maximum atomic E-state index is 13.1. The molecule has 0 saturated carbocycles. The minimum absolute atomic E-state index is 0.0715. The topological polar surface area (TPSA) is 81.7 Å². The summed E-state index contributed by atoms with van der Waals surface area (Å²) in [5.74, 6) is 3.05. The number of fused-ring (bicyclic) bond motifs is 3. The molecular weight excluding hydrogens is 668 g/mol. The highest BCUT2D eigenvalue weighted by molar-refractivity contribution is 5.91. The predicted molar refractivity (Wildman–Crippen MR) is 208 cm³/mol. The van der Waals surface area contributed by atoms with Gasteiger partial charge in [-0.3, -0.25) is 0 Å². The van der Waals surface area contributed by atoms with Gasteiger partial charge < -0.3 is 33.2 Å². The Labute approximate surface area is 314 Å². The van der Waals surface area contributed by atoms with Gasteiger partial charge in [-0.25, -0.2) is 4.79 Å². The lowest BCUT2D eigenvalue weighted by Crippen LogP contribution is -2.16. The van der Waals surface area contributed by atoms with Gasteiger partial charge >= 0.3 is 5.97 Å². The Balaban J connectivity index is 1.07. The molecule has 0 aliphatic heterocycles. The second-order valence-electron chi connectivity index (χ2n) is 13.4. The molecule has 0 bridgehead atoms. The second-order valence-corrected chi connectivity index (χ2v) is 13.4. The number of hydrogen-bond acceptors (Lipinski definition) is 8. The van der Waals surface area contributed by atoms with Crippen molar-refractivity contribution in [1.82, 2.24) is 0 Å². The molecule has 8 heteroatoms. The maximum Gasteiger partial charge on any atom is 0.343 e. The SMILES string of the molecule is C=COCCCCCCOc1ccc(OCOc2ccc3c(c2)C(C)(C)c2cc(OC(=O)c4ccc(OCCCCCCOC=C)cc4)ccc2-3)cc1. The van der Waals surface area contributed by atoms with Crippen molar-refractivity contribution in [1.29, 1.82) is 0 Å². The molecule has 0 heterocycles. The van der Waals surface area contributed by atoms with Gasteiger partial charge in [0.2, 0.25) is 6.79 Å². The Morgan fingerprint density at radius 3 is 1.47 bits per heavy atom. The molecule has 4 aromatic carbocycles. The first-order valence-electron chi connectivity index (χ1n) is 18.6. The quantitative estimate of drug-likeness (QED) is 0.0233. The zero-order valence-electron chi connectivity index (χ0n) is 31.1. The van der Waals surface area contributed by atoms with Gasteiger partial charge in [-0.05, 0) is 146 Å². The zero-order chi connectivity index (χ0) is 37.3. The molecule has 0 atom stereocenters. The van der Waals surface area contributed by atoms with E-state index >= 15 is 0 Å². The predicted octanol–water partition coefficient (Wildman–Crippen LogP) is 10.8. The molecule has 0 spiro atoms. The molecule has 0 radical (unpaired) electrons. The minimum Gasteiger partial charge on any atom is -0.502 e. The Morgan fingerprint density at radius 1 is 0.528 bits per heavy atom. The number of ether oxygens (including phenoxy) is 7. The second kappa shape index (κ2) is 20.0. The van der Waals surface area contributed by atoms with Gasteiger partial charge in [0.1, 0.15) is 28.7 Å². The monoisotopic (exact) mass is 720 g/mol. The average Bonchev–Trinajstić information content (AvgIpc) is 3.39. The molecular formula is C45H52O8. The van der Waals surface area contributed by atoms with Crippen molar-refractivity contribution >= 4 is 5.97 Å². The molecule has 0 saturated heterocycles. The zero-order valence-corrected chi connectivity index (χ0v) is 31.1. The third-order valence-electron chi connectivity index (χ3n) is 9.28. The van der Waals surface area contributed by atoms with Crippen LogP contribution in [-0.2, 0) is 14.9 Å². The Morgan fingerprint density at radius 2 is 0.943 bits per heavy atom. The fourth-order valence-electron chi connectivity index (χ4n) is 6.33. The van der Waals surface area contributed by atoms with E-state index in [0.717, 1.165) is 91.7 Å². The summed E-state index contributed by atoms with van der Waals surface area (Å²) in [6.07, 6.45) is 11.3. The molecule has 8 nitrogen and oxygen atoms in total. The van der Waals surface area contributed by atoms with Crippen molar-refractivity contribution < 1.29 is 38.0 Å². The number of carbonyl (C=O) groups is 1. The highest BCUT2D eigenvalue weighted by Crippen LogP contribution is 2.50. The van der Waals surface area contributed by atoms with Gasteiger partial charge in [0, 0.05) is 5.41 Å². The van der Waals surface area contributed by atoms with E-state index in [-0.39, 0.29) is 12.2 Å². The van der Waals surface area contributed by atoms with E-state index in [1.54, 1.807) is 24.3 Å². The summed E-state index contributed by atoms with van der Waals surface area (Å²) in [5.41, 5.74) is 4.59. The van der Waals surface area contributed by atoms with E-state index in [1.165, 1.54) is 12.5 Å². The smallest absolute Gasteiger partial charge is 0.343 e. The Bertz CT molecular complexity index is 1760. The van der Waals surface area contributed by atoms with Crippen LogP contribution in [0.25, 0.3) is 11.1 Å². The summed E-state index contributed by atoms with van der Waals surface area (Å²) in [4.78, 5) is 13.1. The van der Waals surface area contributed by atoms with Crippen LogP contribution in [0.1, 0.15) is 86.7 Å². The highest BCUT2D eigenvalue weighted by atomic mass is 16.7. The molecule has 1 aliphatic rings. The van der Waals surface area contributed by atoms with Crippen molar-refractivity contribution in [3.8, 4) is 39.9 Å². The lowest BCUT2D eigenvalue weighted by atomic mass is 9.82. The van der Waals surface area contributed by atoms with Crippen LogP contribution in [0, 0.1) is 0 Å². The first kappa shape index (κ1) is 38.9. The molecule has 4 aromatic rings. The summed E-state index contributed by atoms with van der Waals surface area (Å²) in [6, 6.07) is 26.6. The normalized spacial score (nSPS) is 12.2. The number of benzene rings is 4. The van der Waals surface area contributed by atoms with Crippen LogP contribution in [0.15, 0.2) is 111 Å². The van der Waals surface area contributed by atoms with E-state index in [4.69, 9.17) is 33.2 Å². The van der Waals surface area contributed by atoms with E-state index in [1.807, 2.05) is 48.5 Å². The number of unbranched alkanes of at least 4 members (excludes halogenated alkanes) is 6. The fourth-order valence-corrected chi connectivity index (χ4v) is 6.33. The molecule has 53 heavy (non-hydrogen) atoms. The van der Waals surface area contributed by atoms with Gasteiger partial charge in [-0.15, -0.1) is 0 Å². The summed E-state index contributed by atoms with van der Waals surface area (Å²) < 4.78 is 39.7. The van der Waals surface area contributed by atoms with Crippen LogP contribution >= 0.6 is 0 Å². The van der Waals surface area contributed by atoms with Crippen LogP contribution in [-0.4, -0.2) is 39.2 Å².